The average molecular weight is 438 g/mol. The molecule has 0 amide bonds. The molecule has 0 N–H and O–H groups in total. The Hall–Kier alpha value is -3.48. The summed E-state index contributed by atoms with van der Waals surface area (Å²) >= 11 is 0. The summed E-state index contributed by atoms with van der Waals surface area (Å²) in [5, 5.41) is 0. The molecule has 4 atom stereocenters. The number of nitrogens with zero attached hydrogens (tertiary/aromatic N) is 4. The molecule has 1 aliphatic rings. The largest absolute Gasteiger partial charge is 0.463 e. The average Bonchev–Trinajstić information content (AvgIpc) is 3.25. The molecule has 1 saturated heterocycles. The number of ether oxygens (including phenoxy) is 4. The van der Waals surface area contributed by atoms with Crippen molar-refractivity contribution in [3.63, 3.8) is 0 Å². The van der Waals surface area contributed by atoms with Gasteiger partial charge in [-0.1, -0.05) is 0 Å². The van der Waals surface area contributed by atoms with Crippen LogP contribution < -0.4 is 11.2 Å². The summed E-state index contributed by atoms with van der Waals surface area (Å²) in [5.41, 5.74) is -1.11. The highest BCUT2D eigenvalue weighted by molar-refractivity contribution is 5.71. The topological polar surface area (TPSA) is 150 Å². The van der Waals surface area contributed by atoms with Crippen molar-refractivity contribution >= 4 is 29.1 Å². The lowest BCUT2D eigenvalue weighted by Gasteiger charge is -2.23. The second-order valence-corrected chi connectivity index (χ2v) is 7.05. The van der Waals surface area contributed by atoms with Gasteiger partial charge in [-0.2, -0.15) is 0 Å². The van der Waals surface area contributed by atoms with Crippen LogP contribution in [0.4, 0.5) is 0 Å². The fourth-order valence-corrected chi connectivity index (χ4v) is 3.47. The molecule has 1 fully saturated rings. The molecule has 0 saturated carbocycles. The summed E-state index contributed by atoms with van der Waals surface area (Å²) in [7, 11) is 2.76. The maximum Gasteiger partial charge on any atom is 0.332 e. The summed E-state index contributed by atoms with van der Waals surface area (Å²) in [4.78, 5) is 63.8. The van der Waals surface area contributed by atoms with Gasteiger partial charge in [0.05, 0.1) is 0 Å². The van der Waals surface area contributed by atoms with Crippen molar-refractivity contribution in [3.05, 3.63) is 27.2 Å². The predicted octanol–water partition coefficient (Wildman–Crippen LogP) is -1.24. The number of carbonyl (C=O) groups excluding carboxylic acids is 3. The Labute approximate surface area is 175 Å². The number of rotatable bonds is 5. The van der Waals surface area contributed by atoms with Crippen LogP contribution in [0.3, 0.4) is 0 Å². The maximum absolute atomic E-state index is 12.8. The van der Waals surface area contributed by atoms with Crippen molar-refractivity contribution in [3.8, 4) is 0 Å². The van der Waals surface area contributed by atoms with Gasteiger partial charge in [-0.05, 0) is 0 Å². The molecule has 0 aromatic carbocycles. The summed E-state index contributed by atoms with van der Waals surface area (Å²) in [6.45, 7) is 3.24. The van der Waals surface area contributed by atoms with Gasteiger partial charge < -0.3 is 18.9 Å². The van der Waals surface area contributed by atoms with E-state index in [0.29, 0.717) is 0 Å². The van der Waals surface area contributed by atoms with E-state index in [4.69, 9.17) is 18.9 Å². The minimum absolute atomic E-state index is 0.0152. The number of imidazole rings is 1. The lowest BCUT2D eigenvalue weighted by atomic mass is 10.1. The van der Waals surface area contributed by atoms with Crippen LogP contribution in [0.25, 0.3) is 11.2 Å². The zero-order chi connectivity index (χ0) is 23.0. The van der Waals surface area contributed by atoms with E-state index >= 15 is 0 Å². The van der Waals surface area contributed by atoms with E-state index in [-0.39, 0.29) is 17.8 Å². The third kappa shape index (κ3) is 4.08. The summed E-state index contributed by atoms with van der Waals surface area (Å²) in [6.07, 6.45) is -3.19. The van der Waals surface area contributed by atoms with Gasteiger partial charge in [-0.3, -0.25) is 32.9 Å². The van der Waals surface area contributed by atoms with E-state index in [9.17, 15) is 24.0 Å². The van der Waals surface area contributed by atoms with Gasteiger partial charge in [-0.25, -0.2) is 9.78 Å². The van der Waals surface area contributed by atoms with Crippen molar-refractivity contribution < 1.29 is 33.3 Å². The minimum Gasteiger partial charge on any atom is -0.463 e. The first-order chi connectivity index (χ1) is 14.5. The molecule has 3 heterocycles. The van der Waals surface area contributed by atoms with Crippen LogP contribution in [0.5, 0.6) is 0 Å². The van der Waals surface area contributed by atoms with Gasteiger partial charge in [0.25, 0.3) is 5.56 Å². The fourth-order valence-electron chi connectivity index (χ4n) is 3.47. The van der Waals surface area contributed by atoms with Crippen LogP contribution in [0.1, 0.15) is 27.0 Å². The molecule has 0 spiro atoms. The van der Waals surface area contributed by atoms with Gasteiger partial charge >= 0.3 is 23.6 Å². The SMILES string of the molecule is CC(=O)OC[C@H]1O[C@@H](n2cnc3c2c(=O)n(C)c(=O)n3C)[C@H](OC(C)=O)[C@@H]1OC(C)=O. The van der Waals surface area contributed by atoms with E-state index < -0.39 is 53.7 Å². The number of carbonyl (C=O) groups is 3. The summed E-state index contributed by atoms with van der Waals surface area (Å²) in [5.74, 6) is -1.95. The van der Waals surface area contributed by atoms with E-state index in [0.717, 1.165) is 11.5 Å². The summed E-state index contributed by atoms with van der Waals surface area (Å²) < 4.78 is 25.0. The molecule has 13 heteroatoms. The highest BCUT2D eigenvalue weighted by Crippen LogP contribution is 2.35. The number of fused-ring (bicyclic) bond motifs is 1. The van der Waals surface area contributed by atoms with Gasteiger partial charge in [0, 0.05) is 34.9 Å². The normalized spacial score (nSPS) is 23.0. The molecule has 0 radical (unpaired) electrons. The van der Waals surface area contributed by atoms with E-state index in [1.807, 2.05) is 0 Å². The van der Waals surface area contributed by atoms with E-state index in [1.165, 1.54) is 43.4 Å². The Kier molecular flexibility index (Phi) is 5.97. The van der Waals surface area contributed by atoms with E-state index in [1.54, 1.807) is 0 Å². The van der Waals surface area contributed by atoms with E-state index in [2.05, 4.69) is 4.98 Å². The standard InChI is InChI=1S/C18H22N4O9/c1-8(23)28-6-11-13(29-9(2)24)14(30-10(3)25)17(31-11)22-7-19-15-12(22)16(26)21(5)18(27)20(15)4/h7,11,13-14,17H,6H2,1-5H3/t11-,13-,14-,17-/m1/s1. The zero-order valence-electron chi connectivity index (χ0n) is 17.6. The Morgan fingerprint density at radius 2 is 1.61 bits per heavy atom. The van der Waals surface area contributed by atoms with Crippen molar-refractivity contribution in [1.82, 2.24) is 18.7 Å². The molecular formula is C18H22N4O9. The Morgan fingerprint density at radius 1 is 1.00 bits per heavy atom. The Balaban J connectivity index is 2.14. The molecule has 2 aromatic heterocycles. The molecule has 31 heavy (non-hydrogen) atoms. The molecular weight excluding hydrogens is 416 g/mol. The third-order valence-corrected chi connectivity index (χ3v) is 4.79. The predicted molar refractivity (Wildman–Crippen MR) is 102 cm³/mol. The van der Waals surface area contributed by atoms with Crippen LogP contribution in [0, 0.1) is 0 Å². The van der Waals surface area contributed by atoms with Gasteiger partial charge in [0.2, 0.25) is 0 Å². The first-order valence-corrected chi connectivity index (χ1v) is 9.28. The fraction of sp³-hybridized carbons (Fsp3) is 0.556. The van der Waals surface area contributed by atoms with Gasteiger partial charge in [0.15, 0.2) is 29.6 Å². The molecule has 1 aliphatic heterocycles. The molecule has 168 valence electrons. The van der Waals surface area contributed by atoms with Gasteiger partial charge in [-0.15, -0.1) is 0 Å². The molecule has 3 rings (SSSR count). The number of hydrogen-bond acceptors (Lipinski definition) is 10. The van der Waals surface area contributed by atoms with Crippen LogP contribution in [0.2, 0.25) is 0 Å². The number of aryl methyl sites for hydroxylation is 1. The van der Waals surface area contributed by atoms with Crippen LogP contribution >= 0.6 is 0 Å². The highest BCUT2D eigenvalue weighted by atomic mass is 16.7. The van der Waals surface area contributed by atoms with Crippen molar-refractivity contribution in [2.24, 2.45) is 14.1 Å². The molecule has 0 bridgehead atoms. The first kappa shape index (κ1) is 22.2. The maximum atomic E-state index is 12.8. The first-order valence-electron chi connectivity index (χ1n) is 9.28. The molecule has 13 nitrogen and oxygen atoms in total. The Bertz CT molecular complexity index is 1160. The number of esters is 3. The third-order valence-electron chi connectivity index (χ3n) is 4.79. The van der Waals surface area contributed by atoms with Crippen molar-refractivity contribution in [1.29, 1.82) is 0 Å². The highest BCUT2D eigenvalue weighted by Gasteiger charge is 2.51. The molecule has 0 aliphatic carbocycles. The monoisotopic (exact) mass is 438 g/mol. The number of aromatic nitrogens is 4. The second-order valence-electron chi connectivity index (χ2n) is 7.05. The van der Waals surface area contributed by atoms with Gasteiger partial charge in [0.1, 0.15) is 19.0 Å². The smallest absolute Gasteiger partial charge is 0.332 e. The van der Waals surface area contributed by atoms with Crippen LogP contribution in [-0.4, -0.2) is 61.5 Å². The minimum atomic E-state index is -1.18. The quantitative estimate of drug-likeness (QED) is 0.409. The lowest BCUT2D eigenvalue weighted by Crippen LogP contribution is -2.41. The lowest BCUT2D eigenvalue weighted by molar-refractivity contribution is -0.166. The summed E-state index contributed by atoms with van der Waals surface area (Å²) in [6, 6.07) is 0. The zero-order valence-corrected chi connectivity index (χ0v) is 17.6. The van der Waals surface area contributed by atoms with Crippen molar-refractivity contribution in [2.45, 2.75) is 45.3 Å². The molecule has 2 aromatic rings. The second kappa shape index (κ2) is 8.34. The van der Waals surface area contributed by atoms with Crippen LogP contribution in [-0.2, 0) is 47.4 Å². The van der Waals surface area contributed by atoms with Crippen LogP contribution in [0.15, 0.2) is 15.9 Å². The number of hydrogen-bond donors (Lipinski definition) is 0. The molecule has 0 unspecified atom stereocenters. The van der Waals surface area contributed by atoms with Crippen molar-refractivity contribution in [2.75, 3.05) is 6.61 Å². The Morgan fingerprint density at radius 3 is 2.19 bits per heavy atom.